The first-order chi connectivity index (χ1) is 12.4. The third-order valence-electron chi connectivity index (χ3n) is 4.60. The number of benzene rings is 1. The fraction of sp³-hybridized carbons (Fsp3) is 0.450. The number of rotatable bonds is 7. The molecular weight excluding hydrogens is 341 g/mol. The van der Waals surface area contributed by atoms with Gasteiger partial charge in [0, 0.05) is 19.0 Å². The lowest BCUT2D eigenvalue weighted by Crippen LogP contribution is -2.28. The van der Waals surface area contributed by atoms with Crippen molar-refractivity contribution in [2.45, 2.75) is 38.3 Å². The maximum absolute atomic E-state index is 13.1. The van der Waals surface area contributed by atoms with E-state index in [2.05, 4.69) is 18.5 Å². The quantitative estimate of drug-likeness (QED) is 0.655. The molecule has 0 aromatic heterocycles. The van der Waals surface area contributed by atoms with Gasteiger partial charge in [-0.05, 0) is 31.0 Å². The highest BCUT2D eigenvalue weighted by Gasteiger charge is 2.32. The highest BCUT2D eigenvalue weighted by molar-refractivity contribution is 5.96. The minimum atomic E-state index is -4.47. The summed E-state index contributed by atoms with van der Waals surface area (Å²) in [5.74, 6) is -0.346. The van der Waals surface area contributed by atoms with Crippen LogP contribution in [-0.4, -0.2) is 19.0 Å². The van der Waals surface area contributed by atoms with Crippen molar-refractivity contribution in [1.82, 2.24) is 0 Å². The number of nitrogens with one attached hydrogen (secondary N) is 1. The summed E-state index contributed by atoms with van der Waals surface area (Å²) in [5, 5.41) is 2.74. The van der Waals surface area contributed by atoms with E-state index >= 15 is 0 Å². The van der Waals surface area contributed by atoms with Crippen LogP contribution in [0.25, 0.3) is 0 Å². The molecule has 0 heterocycles. The molecule has 0 unspecified atom stereocenters. The molecule has 1 fully saturated rings. The predicted molar refractivity (Wildman–Crippen MR) is 99.3 cm³/mol. The van der Waals surface area contributed by atoms with Crippen LogP contribution in [-0.2, 0) is 11.0 Å². The standard InChI is InChI=1S/C20H25F3N2O/c1-3-12-25(13-4-2)18-11-10-16(20(21,22)23)14-17(18)24-19(26)15-8-6-5-7-9-15/h3-4,10-11,14-15H,1-2,5-9,12-13H2,(H,24,26). The van der Waals surface area contributed by atoms with Gasteiger partial charge in [0.2, 0.25) is 5.91 Å². The monoisotopic (exact) mass is 366 g/mol. The maximum atomic E-state index is 13.1. The van der Waals surface area contributed by atoms with Crippen molar-refractivity contribution in [2.75, 3.05) is 23.3 Å². The summed E-state index contributed by atoms with van der Waals surface area (Å²) in [4.78, 5) is 14.4. The van der Waals surface area contributed by atoms with E-state index in [0.717, 1.165) is 44.2 Å². The third-order valence-corrected chi connectivity index (χ3v) is 4.60. The van der Waals surface area contributed by atoms with E-state index in [0.29, 0.717) is 18.8 Å². The largest absolute Gasteiger partial charge is 0.416 e. The van der Waals surface area contributed by atoms with Gasteiger partial charge < -0.3 is 10.2 Å². The normalized spacial score (nSPS) is 15.3. The first-order valence-corrected chi connectivity index (χ1v) is 8.85. The van der Waals surface area contributed by atoms with Gasteiger partial charge >= 0.3 is 6.18 Å². The van der Waals surface area contributed by atoms with Crippen LogP contribution in [0.3, 0.4) is 0 Å². The second-order valence-electron chi connectivity index (χ2n) is 6.54. The molecule has 6 heteroatoms. The SMILES string of the molecule is C=CCN(CC=C)c1ccc(C(F)(F)F)cc1NC(=O)C1CCCCC1. The number of halogens is 3. The summed E-state index contributed by atoms with van der Waals surface area (Å²) < 4.78 is 39.4. The number of carbonyl (C=O) groups is 1. The molecule has 1 aromatic carbocycles. The lowest BCUT2D eigenvalue weighted by atomic mass is 9.88. The van der Waals surface area contributed by atoms with E-state index in [1.165, 1.54) is 6.07 Å². The van der Waals surface area contributed by atoms with Gasteiger partial charge in [-0.3, -0.25) is 4.79 Å². The molecule has 0 spiro atoms. The van der Waals surface area contributed by atoms with Crippen LogP contribution in [0.2, 0.25) is 0 Å². The van der Waals surface area contributed by atoms with Crippen LogP contribution >= 0.6 is 0 Å². The highest BCUT2D eigenvalue weighted by Crippen LogP contribution is 2.36. The molecule has 142 valence electrons. The second-order valence-corrected chi connectivity index (χ2v) is 6.54. The van der Waals surface area contributed by atoms with E-state index in [1.54, 1.807) is 12.2 Å². The topological polar surface area (TPSA) is 32.3 Å². The first kappa shape index (κ1) is 20.1. The Morgan fingerprint density at radius 1 is 1.15 bits per heavy atom. The maximum Gasteiger partial charge on any atom is 0.416 e. The number of anilines is 2. The van der Waals surface area contributed by atoms with Gasteiger partial charge in [-0.25, -0.2) is 0 Å². The summed E-state index contributed by atoms with van der Waals surface area (Å²) >= 11 is 0. The molecule has 1 saturated carbocycles. The van der Waals surface area contributed by atoms with Gasteiger partial charge in [0.1, 0.15) is 0 Å². The van der Waals surface area contributed by atoms with E-state index in [4.69, 9.17) is 0 Å². The predicted octanol–water partition coefficient (Wildman–Crippen LogP) is 5.40. The van der Waals surface area contributed by atoms with Crippen molar-refractivity contribution in [1.29, 1.82) is 0 Å². The third kappa shape index (κ3) is 5.13. The molecular formula is C20H25F3N2O. The van der Waals surface area contributed by atoms with Gasteiger partial charge in [-0.2, -0.15) is 13.2 Å². The van der Waals surface area contributed by atoms with Crippen LogP contribution in [0.1, 0.15) is 37.7 Å². The summed E-state index contributed by atoms with van der Waals surface area (Å²) in [6.07, 6.45) is 3.48. The molecule has 0 atom stereocenters. The van der Waals surface area contributed by atoms with Gasteiger partial charge in [0.25, 0.3) is 0 Å². The van der Waals surface area contributed by atoms with Crippen molar-refractivity contribution >= 4 is 17.3 Å². The fourth-order valence-corrected chi connectivity index (χ4v) is 3.27. The Hall–Kier alpha value is -2.24. The number of carbonyl (C=O) groups excluding carboxylic acids is 1. The van der Waals surface area contributed by atoms with Crippen LogP contribution in [0, 0.1) is 5.92 Å². The zero-order valence-corrected chi connectivity index (χ0v) is 14.8. The van der Waals surface area contributed by atoms with Gasteiger partial charge in [-0.15, -0.1) is 13.2 Å². The van der Waals surface area contributed by atoms with E-state index < -0.39 is 11.7 Å². The van der Waals surface area contributed by atoms with E-state index in [9.17, 15) is 18.0 Å². The average molecular weight is 366 g/mol. The molecule has 1 aliphatic rings. The molecule has 1 aromatic rings. The molecule has 0 bridgehead atoms. The average Bonchev–Trinajstić information content (AvgIpc) is 2.61. The highest BCUT2D eigenvalue weighted by atomic mass is 19.4. The summed E-state index contributed by atoms with van der Waals surface area (Å²) in [6, 6.07) is 3.44. The van der Waals surface area contributed by atoms with E-state index in [1.807, 2.05) is 4.90 Å². The van der Waals surface area contributed by atoms with Gasteiger partial charge in [0.05, 0.1) is 16.9 Å². The lowest BCUT2D eigenvalue weighted by molar-refractivity contribution is -0.137. The molecule has 26 heavy (non-hydrogen) atoms. The number of nitrogens with zero attached hydrogens (tertiary/aromatic N) is 1. The Morgan fingerprint density at radius 3 is 2.31 bits per heavy atom. The van der Waals surface area contributed by atoms with Gasteiger partial charge in [-0.1, -0.05) is 31.4 Å². The van der Waals surface area contributed by atoms with Crippen LogP contribution < -0.4 is 10.2 Å². The molecule has 1 aliphatic carbocycles. The lowest BCUT2D eigenvalue weighted by Gasteiger charge is -2.27. The second kappa shape index (κ2) is 8.92. The summed E-state index contributed by atoms with van der Waals surface area (Å²) in [7, 11) is 0. The van der Waals surface area contributed by atoms with Crippen molar-refractivity contribution in [3.8, 4) is 0 Å². The minimum absolute atomic E-state index is 0.140. The zero-order valence-electron chi connectivity index (χ0n) is 14.8. The Balaban J connectivity index is 2.35. The molecule has 0 aliphatic heterocycles. The van der Waals surface area contributed by atoms with Crippen LogP contribution in [0.15, 0.2) is 43.5 Å². The van der Waals surface area contributed by atoms with Crippen molar-refractivity contribution in [3.05, 3.63) is 49.1 Å². The number of alkyl halides is 3. The van der Waals surface area contributed by atoms with Crippen molar-refractivity contribution < 1.29 is 18.0 Å². The van der Waals surface area contributed by atoms with Crippen molar-refractivity contribution in [3.63, 3.8) is 0 Å². The minimum Gasteiger partial charge on any atom is -0.362 e. The number of hydrogen-bond donors (Lipinski definition) is 1. The van der Waals surface area contributed by atoms with Gasteiger partial charge in [0.15, 0.2) is 0 Å². The fourth-order valence-electron chi connectivity index (χ4n) is 3.27. The number of hydrogen-bond acceptors (Lipinski definition) is 2. The molecule has 1 N–H and O–H groups in total. The van der Waals surface area contributed by atoms with E-state index in [-0.39, 0.29) is 17.5 Å². The molecule has 0 radical (unpaired) electrons. The zero-order chi connectivity index (χ0) is 19.2. The Bertz CT molecular complexity index is 639. The Labute approximate surface area is 152 Å². The Morgan fingerprint density at radius 2 is 1.77 bits per heavy atom. The Kier molecular flexibility index (Phi) is 6.89. The summed E-state index contributed by atoms with van der Waals surface area (Å²) in [5.41, 5.74) is -0.0709. The molecule has 1 amide bonds. The number of amides is 1. The molecule has 3 nitrogen and oxygen atoms in total. The smallest absolute Gasteiger partial charge is 0.362 e. The molecule has 0 saturated heterocycles. The van der Waals surface area contributed by atoms with Crippen LogP contribution in [0.4, 0.5) is 24.5 Å². The molecule has 2 rings (SSSR count). The first-order valence-electron chi connectivity index (χ1n) is 8.85. The summed E-state index contributed by atoms with van der Waals surface area (Å²) in [6.45, 7) is 8.24. The van der Waals surface area contributed by atoms with Crippen LogP contribution in [0.5, 0.6) is 0 Å². The van der Waals surface area contributed by atoms with Crippen molar-refractivity contribution in [2.24, 2.45) is 5.92 Å².